The number of likely N-dealkylation sites (tertiary alicyclic amines) is 1. The zero-order valence-corrected chi connectivity index (χ0v) is 14.9. The molecule has 2 heterocycles. The summed E-state index contributed by atoms with van der Waals surface area (Å²) in [4.78, 5) is 26.2. The maximum Gasteiger partial charge on any atom is 0.308 e. The van der Waals surface area contributed by atoms with Gasteiger partial charge >= 0.3 is 5.97 Å². The van der Waals surface area contributed by atoms with Gasteiger partial charge in [-0.25, -0.2) is 4.68 Å². The number of carbonyl (C=O) groups excluding carboxylic acids is 1. The maximum absolute atomic E-state index is 13.0. The summed E-state index contributed by atoms with van der Waals surface area (Å²) in [7, 11) is 0. The van der Waals surface area contributed by atoms with Crippen LogP contribution in [0.3, 0.4) is 0 Å². The van der Waals surface area contributed by atoms with E-state index in [4.69, 9.17) is 0 Å². The summed E-state index contributed by atoms with van der Waals surface area (Å²) in [6, 6.07) is 7.83. The molecule has 1 aromatic heterocycles. The Hall–Kier alpha value is -2.70. The highest BCUT2D eigenvalue weighted by Crippen LogP contribution is 2.44. The minimum absolute atomic E-state index is 0.0589. The number of carboxylic acid groups (broad SMARTS) is 1. The number of rotatable bonds is 4. The number of aryl methyl sites for hydroxylation is 1. The van der Waals surface area contributed by atoms with Gasteiger partial charge in [0.1, 0.15) is 0 Å². The third-order valence-corrected chi connectivity index (χ3v) is 5.54. The van der Waals surface area contributed by atoms with E-state index in [2.05, 4.69) is 10.3 Å². The molecule has 0 unspecified atom stereocenters. The van der Waals surface area contributed by atoms with Gasteiger partial charge in [0.2, 0.25) is 0 Å². The second kappa shape index (κ2) is 6.23. The largest absolute Gasteiger partial charge is 0.481 e. The van der Waals surface area contributed by atoms with Crippen molar-refractivity contribution < 1.29 is 14.7 Å². The molecule has 2 fully saturated rings. The van der Waals surface area contributed by atoms with E-state index in [1.807, 2.05) is 38.1 Å². The summed E-state index contributed by atoms with van der Waals surface area (Å²) in [5.74, 6) is -1.01. The summed E-state index contributed by atoms with van der Waals surface area (Å²) in [5.41, 5.74) is 2.92. The van der Waals surface area contributed by atoms with Crippen LogP contribution < -0.4 is 0 Å². The van der Waals surface area contributed by atoms with Crippen LogP contribution in [-0.2, 0) is 4.79 Å². The van der Waals surface area contributed by atoms with Crippen LogP contribution in [0.1, 0.15) is 34.6 Å². The summed E-state index contributed by atoms with van der Waals surface area (Å²) in [6.07, 6.45) is 2.14. The van der Waals surface area contributed by atoms with E-state index in [9.17, 15) is 14.7 Å². The Bertz CT molecular complexity index is 871. The fraction of sp³-hybridized carbons (Fsp3) is 0.474. The number of aliphatic carboxylic acids is 1. The molecule has 1 aromatic carbocycles. The molecule has 2 atom stereocenters. The predicted octanol–water partition coefficient (Wildman–Crippen LogP) is 2.07. The van der Waals surface area contributed by atoms with Gasteiger partial charge < -0.3 is 10.0 Å². The van der Waals surface area contributed by atoms with E-state index in [0.29, 0.717) is 23.9 Å². The van der Waals surface area contributed by atoms with Crippen LogP contribution in [-0.4, -0.2) is 50.0 Å². The molecule has 136 valence electrons. The van der Waals surface area contributed by atoms with E-state index in [0.717, 1.165) is 24.1 Å². The van der Waals surface area contributed by atoms with Crippen molar-refractivity contribution in [2.45, 2.75) is 26.7 Å². The number of carbonyl (C=O) groups is 2. The third-order valence-electron chi connectivity index (χ3n) is 5.54. The number of hydrogen-bond acceptors (Lipinski definition) is 4. The highest BCUT2D eigenvalue weighted by atomic mass is 16.4. The minimum atomic E-state index is -0.808. The second-order valence-electron chi connectivity index (χ2n) is 7.43. The first-order chi connectivity index (χ1) is 12.5. The summed E-state index contributed by atoms with van der Waals surface area (Å²) in [5, 5.41) is 17.7. The molecule has 26 heavy (non-hydrogen) atoms. The molecule has 4 rings (SSSR count). The number of hydrogen-bond donors (Lipinski definition) is 1. The Kier molecular flexibility index (Phi) is 4.01. The molecule has 1 N–H and O–H groups in total. The average Bonchev–Trinajstić information content (AvgIpc) is 3.23. The minimum Gasteiger partial charge on any atom is -0.481 e. The normalized spacial score (nSPS) is 22.6. The van der Waals surface area contributed by atoms with Crippen LogP contribution in [0.25, 0.3) is 5.69 Å². The van der Waals surface area contributed by atoms with Gasteiger partial charge in [0.05, 0.1) is 17.3 Å². The number of nitrogens with zero attached hydrogens (tertiary/aromatic N) is 4. The summed E-state index contributed by atoms with van der Waals surface area (Å²) in [6.45, 7) is 4.57. The molecule has 0 spiro atoms. The molecule has 1 saturated heterocycles. The van der Waals surface area contributed by atoms with E-state index in [1.54, 1.807) is 9.58 Å². The van der Waals surface area contributed by atoms with Gasteiger partial charge in [0.25, 0.3) is 5.91 Å². The Morgan fingerprint density at radius 2 is 1.96 bits per heavy atom. The van der Waals surface area contributed by atoms with Gasteiger partial charge in [-0.2, -0.15) is 0 Å². The van der Waals surface area contributed by atoms with Crippen molar-refractivity contribution in [3.8, 4) is 5.69 Å². The molecule has 0 radical (unpaired) electrons. The van der Waals surface area contributed by atoms with E-state index < -0.39 is 11.9 Å². The average molecular weight is 354 g/mol. The van der Waals surface area contributed by atoms with E-state index in [1.165, 1.54) is 0 Å². The fourth-order valence-corrected chi connectivity index (χ4v) is 3.94. The van der Waals surface area contributed by atoms with Crippen LogP contribution in [0.4, 0.5) is 0 Å². The molecular weight excluding hydrogens is 332 g/mol. The fourth-order valence-electron chi connectivity index (χ4n) is 3.94. The monoisotopic (exact) mass is 354 g/mol. The number of benzene rings is 1. The van der Waals surface area contributed by atoms with Crippen LogP contribution in [0.2, 0.25) is 0 Å². The van der Waals surface area contributed by atoms with E-state index in [-0.39, 0.29) is 18.4 Å². The maximum atomic E-state index is 13.0. The van der Waals surface area contributed by atoms with Crippen molar-refractivity contribution in [2.75, 3.05) is 13.1 Å². The highest BCUT2D eigenvalue weighted by molar-refractivity contribution is 5.94. The van der Waals surface area contributed by atoms with Gasteiger partial charge in [-0.05, 0) is 56.2 Å². The lowest BCUT2D eigenvalue weighted by Gasteiger charge is -2.15. The van der Waals surface area contributed by atoms with Crippen molar-refractivity contribution in [3.05, 3.63) is 41.2 Å². The first kappa shape index (κ1) is 16.8. The zero-order valence-electron chi connectivity index (χ0n) is 14.9. The van der Waals surface area contributed by atoms with Gasteiger partial charge in [-0.1, -0.05) is 17.3 Å². The van der Waals surface area contributed by atoms with Crippen molar-refractivity contribution in [3.63, 3.8) is 0 Å². The van der Waals surface area contributed by atoms with Crippen molar-refractivity contribution in [2.24, 2.45) is 17.8 Å². The zero-order chi connectivity index (χ0) is 18.4. The quantitative estimate of drug-likeness (QED) is 0.908. The standard InChI is InChI=1S/C19H22N4O3/c1-11-4-3-5-14(8-11)23-12(2)17(20-21-23)18(24)22-9-15(13-6-7-13)16(10-22)19(25)26/h3-5,8,13,15-16H,6-7,9-10H2,1-2H3,(H,25,26)/t15-,16+/m1/s1. The number of aromatic nitrogens is 3. The van der Waals surface area contributed by atoms with Gasteiger partial charge in [-0.3, -0.25) is 9.59 Å². The molecule has 1 aliphatic heterocycles. The van der Waals surface area contributed by atoms with Crippen molar-refractivity contribution >= 4 is 11.9 Å². The van der Waals surface area contributed by atoms with Crippen LogP contribution >= 0.6 is 0 Å². The molecule has 1 aliphatic carbocycles. The molecule has 1 amide bonds. The Balaban J connectivity index is 1.58. The highest BCUT2D eigenvalue weighted by Gasteiger charge is 2.47. The van der Waals surface area contributed by atoms with Crippen molar-refractivity contribution in [1.29, 1.82) is 0 Å². The summed E-state index contributed by atoms with van der Waals surface area (Å²) < 4.78 is 1.66. The molecule has 1 saturated carbocycles. The van der Waals surface area contributed by atoms with Crippen LogP contribution in [0.15, 0.2) is 24.3 Å². The number of carboxylic acids is 1. The topological polar surface area (TPSA) is 88.3 Å². The van der Waals surface area contributed by atoms with Crippen LogP contribution in [0, 0.1) is 31.6 Å². The molecule has 7 nitrogen and oxygen atoms in total. The van der Waals surface area contributed by atoms with E-state index >= 15 is 0 Å². The van der Waals surface area contributed by atoms with Gasteiger partial charge in [0, 0.05) is 13.1 Å². The molecule has 7 heteroatoms. The predicted molar refractivity (Wildman–Crippen MR) is 94.1 cm³/mol. The smallest absolute Gasteiger partial charge is 0.308 e. The Labute approximate surface area is 151 Å². The van der Waals surface area contributed by atoms with Crippen LogP contribution in [0.5, 0.6) is 0 Å². The first-order valence-electron chi connectivity index (χ1n) is 8.97. The van der Waals surface area contributed by atoms with Gasteiger partial charge in [0.15, 0.2) is 5.69 Å². The lowest BCUT2D eigenvalue weighted by Crippen LogP contribution is -2.30. The summed E-state index contributed by atoms with van der Waals surface area (Å²) >= 11 is 0. The molecule has 2 aliphatic rings. The van der Waals surface area contributed by atoms with Crippen molar-refractivity contribution in [1.82, 2.24) is 19.9 Å². The lowest BCUT2D eigenvalue weighted by atomic mass is 9.92. The third kappa shape index (κ3) is 2.87. The first-order valence-corrected chi connectivity index (χ1v) is 8.97. The Morgan fingerprint density at radius 1 is 1.19 bits per heavy atom. The lowest BCUT2D eigenvalue weighted by molar-refractivity contribution is -0.142. The Morgan fingerprint density at radius 3 is 2.62 bits per heavy atom. The molecule has 0 bridgehead atoms. The second-order valence-corrected chi connectivity index (χ2v) is 7.43. The van der Waals surface area contributed by atoms with Gasteiger partial charge in [-0.15, -0.1) is 5.10 Å². The number of amides is 1. The molecular formula is C19H22N4O3. The molecule has 2 aromatic rings. The SMILES string of the molecule is Cc1cccc(-n2nnc(C(=O)N3C[C@H](C(=O)O)[C@@H](C4CC4)C3)c2C)c1.